The van der Waals surface area contributed by atoms with E-state index >= 15 is 0 Å². The van der Waals surface area contributed by atoms with Crippen molar-refractivity contribution in [3.63, 3.8) is 0 Å². The van der Waals surface area contributed by atoms with E-state index in [-0.39, 0.29) is 18.3 Å². The molecular weight excluding hydrogens is 305 g/mol. The van der Waals surface area contributed by atoms with Gasteiger partial charge < -0.3 is 15.5 Å². The van der Waals surface area contributed by atoms with Crippen LogP contribution in [0.4, 0.5) is 10.1 Å². The minimum absolute atomic E-state index is 0.0968. The molecule has 0 aliphatic carbocycles. The third-order valence-electron chi connectivity index (χ3n) is 4.25. The number of halogens is 1. The van der Waals surface area contributed by atoms with Crippen molar-refractivity contribution < 1.29 is 9.18 Å². The second-order valence-electron chi connectivity index (χ2n) is 6.05. The van der Waals surface area contributed by atoms with E-state index in [2.05, 4.69) is 27.7 Å². The Morgan fingerprint density at radius 2 is 2.29 bits per heavy atom. The van der Waals surface area contributed by atoms with Crippen LogP contribution < -0.4 is 10.6 Å². The maximum Gasteiger partial charge on any atom is 0.243 e. The van der Waals surface area contributed by atoms with Gasteiger partial charge >= 0.3 is 0 Å². The van der Waals surface area contributed by atoms with Gasteiger partial charge in [-0.1, -0.05) is 18.2 Å². The number of hydrogen-bond acceptors (Lipinski definition) is 3. The molecule has 1 aromatic rings. The molecule has 3 rings (SSSR count). The van der Waals surface area contributed by atoms with Crippen LogP contribution in [-0.4, -0.2) is 37.0 Å². The molecule has 4 nitrogen and oxygen atoms in total. The number of hydrogen-bond donors (Lipinski definition) is 2. The van der Waals surface area contributed by atoms with E-state index < -0.39 is 0 Å². The highest BCUT2D eigenvalue weighted by Crippen LogP contribution is 2.23. The van der Waals surface area contributed by atoms with Crippen molar-refractivity contribution >= 4 is 11.6 Å². The third kappa shape index (κ3) is 3.92. The SMILES string of the molecule is Cc1cc(F)ccc1NC(=O)CN1CC=CC=C1C1=CCNCC1. The molecule has 0 aromatic heterocycles. The zero-order chi connectivity index (χ0) is 16.9. The predicted molar refractivity (Wildman–Crippen MR) is 94.1 cm³/mol. The maximum atomic E-state index is 13.2. The molecule has 126 valence electrons. The van der Waals surface area contributed by atoms with Crippen molar-refractivity contribution in [3.8, 4) is 0 Å². The average Bonchev–Trinajstić information content (AvgIpc) is 2.59. The third-order valence-corrected chi connectivity index (χ3v) is 4.25. The first-order chi connectivity index (χ1) is 11.6. The lowest BCUT2D eigenvalue weighted by Crippen LogP contribution is -2.35. The van der Waals surface area contributed by atoms with Gasteiger partial charge in [0, 0.05) is 24.5 Å². The molecule has 0 saturated heterocycles. The Morgan fingerprint density at radius 3 is 3.04 bits per heavy atom. The summed E-state index contributed by atoms with van der Waals surface area (Å²) in [7, 11) is 0. The number of nitrogens with zero attached hydrogens (tertiary/aromatic N) is 1. The first kappa shape index (κ1) is 16.5. The molecule has 2 aliphatic rings. The lowest BCUT2D eigenvalue weighted by atomic mass is 10.0. The van der Waals surface area contributed by atoms with Gasteiger partial charge in [-0.2, -0.15) is 0 Å². The highest BCUT2D eigenvalue weighted by molar-refractivity contribution is 5.93. The highest BCUT2D eigenvalue weighted by atomic mass is 19.1. The van der Waals surface area contributed by atoms with E-state index in [9.17, 15) is 9.18 Å². The Kier molecular flexibility index (Phi) is 5.11. The number of aryl methyl sites for hydroxylation is 1. The Hall–Kier alpha value is -2.40. The first-order valence-corrected chi connectivity index (χ1v) is 8.21. The van der Waals surface area contributed by atoms with Gasteiger partial charge in [0.2, 0.25) is 5.91 Å². The first-order valence-electron chi connectivity index (χ1n) is 8.21. The lowest BCUT2D eigenvalue weighted by molar-refractivity contribution is -0.116. The Bertz CT molecular complexity index is 721. The quantitative estimate of drug-likeness (QED) is 0.894. The topological polar surface area (TPSA) is 44.4 Å². The van der Waals surface area contributed by atoms with Crippen LogP contribution in [-0.2, 0) is 4.79 Å². The fourth-order valence-corrected chi connectivity index (χ4v) is 3.00. The van der Waals surface area contributed by atoms with E-state index in [1.54, 1.807) is 13.0 Å². The van der Waals surface area contributed by atoms with Gasteiger partial charge in [0.15, 0.2) is 0 Å². The molecule has 2 aliphatic heterocycles. The Balaban J connectivity index is 1.67. The summed E-state index contributed by atoms with van der Waals surface area (Å²) in [4.78, 5) is 14.5. The molecule has 24 heavy (non-hydrogen) atoms. The van der Waals surface area contributed by atoms with Gasteiger partial charge in [-0.25, -0.2) is 4.39 Å². The summed E-state index contributed by atoms with van der Waals surface area (Å²) in [5.41, 5.74) is 3.77. The largest absolute Gasteiger partial charge is 0.358 e. The fraction of sp³-hybridized carbons (Fsp3) is 0.316. The fourth-order valence-electron chi connectivity index (χ4n) is 3.00. The van der Waals surface area contributed by atoms with Crippen LogP contribution >= 0.6 is 0 Å². The molecule has 1 aromatic carbocycles. The Morgan fingerprint density at radius 1 is 1.42 bits per heavy atom. The normalized spacial score (nSPS) is 17.3. The maximum absolute atomic E-state index is 13.2. The van der Waals surface area contributed by atoms with Crippen LogP contribution in [0.5, 0.6) is 0 Å². The van der Waals surface area contributed by atoms with Gasteiger partial charge in [-0.05, 0) is 55.3 Å². The van der Waals surface area contributed by atoms with E-state index in [1.165, 1.54) is 17.7 Å². The van der Waals surface area contributed by atoms with Crippen molar-refractivity contribution in [1.82, 2.24) is 10.2 Å². The van der Waals surface area contributed by atoms with Crippen LogP contribution in [0.1, 0.15) is 12.0 Å². The molecule has 0 bridgehead atoms. The summed E-state index contributed by atoms with van der Waals surface area (Å²) in [6, 6.07) is 4.38. The van der Waals surface area contributed by atoms with Crippen LogP contribution in [0.25, 0.3) is 0 Å². The summed E-state index contributed by atoms with van der Waals surface area (Å²) in [6.45, 7) is 4.60. The molecule has 5 heteroatoms. The number of benzene rings is 1. The molecule has 0 spiro atoms. The van der Waals surface area contributed by atoms with E-state index in [0.717, 1.165) is 30.8 Å². The molecule has 0 unspecified atom stereocenters. The number of anilines is 1. The summed E-state index contributed by atoms with van der Waals surface area (Å²) < 4.78 is 13.2. The lowest BCUT2D eigenvalue weighted by Gasteiger charge is -2.30. The number of allylic oxidation sites excluding steroid dienone is 3. The van der Waals surface area contributed by atoms with Gasteiger partial charge in [-0.15, -0.1) is 0 Å². The number of nitrogens with one attached hydrogen (secondary N) is 2. The van der Waals surface area contributed by atoms with Gasteiger partial charge in [0.05, 0.1) is 6.54 Å². The number of carbonyl (C=O) groups excluding carboxylic acids is 1. The van der Waals surface area contributed by atoms with E-state index in [4.69, 9.17) is 0 Å². The van der Waals surface area contributed by atoms with Crippen molar-refractivity contribution in [1.29, 1.82) is 0 Å². The van der Waals surface area contributed by atoms with Crippen LogP contribution in [0.15, 0.2) is 53.8 Å². The molecule has 0 fully saturated rings. The van der Waals surface area contributed by atoms with Gasteiger partial charge in [-0.3, -0.25) is 4.79 Å². The second-order valence-corrected chi connectivity index (χ2v) is 6.05. The smallest absolute Gasteiger partial charge is 0.243 e. The molecule has 0 saturated carbocycles. The predicted octanol–water partition coefficient (Wildman–Crippen LogP) is 2.75. The zero-order valence-electron chi connectivity index (χ0n) is 13.8. The number of rotatable bonds is 4. The number of carbonyl (C=O) groups is 1. The summed E-state index contributed by atoms with van der Waals surface area (Å²) >= 11 is 0. The molecule has 0 atom stereocenters. The summed E-state index contributed by atoms with van der Waals surface area (Å²) in [5.74, 6) is -0.393. The van der Waals surface area contributed by atoms with Gasteiger partial charge in [0.25, 0.3) is 0 Å². The van der Waals surface area contributed by atoms with Crippen molar-refractivity contribution in [2.45, 2.75) is 13.3 Å². The second kappa shape index (κ2) is 7.45. The Labute approximate surface area is 141 Å². The molecule has 1 amide bonds. The zero-order valence-corrected chi connectivity index (χ0v) is 13.8. The highest BCUT2D eigenvalue weighted by Gasteiger charge is 2.19. The van der Waals surface area contributed by atoms with Crippen molar-refractivity contribution in [2.75, 3.05) is 31.5 Å². The van der Waals surface area contributed by atoms with Crippen LogP contribution in [0, 0.1) is 12.7 Å². The molecule has 0 radical (unpaired) electrons. The molecular formula is C19H22FN3O. The minimum atomic E-state index is -0.297. The van der Waals surface area contributed by atoms with E-state index in [0.29, 0.717) is 12.2 Å². The monoisotopic (exact) mass is 327 g/mol. The standard InChI is InChI=1S/C19H22FN3O/c1-14-12-16(20)5-6-17(14)22-19(24)13-23-11-3-2-4-18(23)15-7-9-21-10-8-15/h2-7,12,21H,8-11,13H2,1H3,(H,22,24). The van der Waals surface area contributed by atoms with E-state index in [1.807, 2.05) is 12.2 Å². The molecule has 2 N–H and O–H groups in total. The van der Waals surface area contributed by atoms with Crippen LogP contribution in [0.2, 0.25) is 0 Å². The minimum Gasteiger partial charge on any atom is -0.358 e. The number of amides is 1. The molecule has 2 heterocycles. The van der Waals surface area contributed by atoms with Crippen LogP contribution in [0.3, 0.4) is 0 Å². The summed E-state index contributed by atoms with van der Waals surface area (Å²) in [6.07, 6.45) is 9.30. The average molecular weight is 327 g/mol. The summed E-state index contributed by atoms with van der Waals surface area (Å²) in [5, 5.41) is 6.18. The van der Waals surface area contributed by atoms with Gasteiger partial charge in [0.1, 0.15) is 5.82 Å². The van der Waals surface area contributed by atoms with Crippen molar-refractivity contribution in [3.05, 3.63) is 65.2 Å². The van der Waals surface area contributed by atoms with Crippen molar-refractivity contribution in [2.24, 2.45) is 0 Å².